The highest BCUT2D eigenvalue weighted by molar-refractivity contribution is 7.99. The summed E-state index contributed by atoms with van der Waals surface area (Å²) in [5.41, 5.74) is 1.98. The molecule has 0 radical (unpaired) electrons. The molecule has 7 rings (SSSR count). The van der Waals surface area contributed by atoms with Crippen LogP contribution in [0.2, 0.25) is 0 Å². The number of carbonyl (C=O) groups is 7. The number of likely N-dealkylation sites (tertiary alicyclic amines) is 1. The minimum atomic E-state index is -1.01. The minimum Gasteiger partial charge on any atom is -0.378 e. The summed E-state index contributed by atoms with van der Waals surface area (Å²) in [5, 5.41) is 5.15. The molecule has 6 heterocycles. The molecule has 21 heteroatoms. The van der Waals surface area contributed by atoms with Gasteiger partial charge in [-0.1, -0.05) is 25.0 Å². The van der Waals surface area contributed by atoms with Gasteiger partial charge in [0.05, 0.1) is 76.2 Å². The van der Waals surface area contributed by atoms with Gasteiger partial charge in [0.15, 0.2) is 0 Å². The Balaban J connectivity index is 0.640. The summed E-state index contributed by atoms with van der Waals surface area (Å²) in [7, 11) is 0. The van der Waals surface area contributed by atoms with E-state index in [2.05, 4.69) is 25.5 Å². The zero-order valence-electron chi connectivity index (χ0n) is 41.3. The van der Waals surface area contributed by atoms with Crippen LogP contribution in [-0.2, 0) is 42.9 Å². The number of ether oxygens (including phenoxy) is 5. The van der Waals surface area contributed by atoms with Gasteiger partial charge in [-0.25, -0.2) is 4.98 Å². The number of piperidine rings is 2. The Morgan fingerprint density at radius 2 is 1.45 bits per heavy atom. The Bertz CT molecular complexity index is 2360. The molecular weight excluding hydrogens is 961 g/mol. The van der Waals surface area contributed by atoms with E-state index in [1.54, 1.807) is 47.8 Å². The maximum absolute atomic E-state index is 13.3. The van der Waals surface area contributed by atoms with E-state index in [9.17, 15) is 33.6 Å². The SMILES string of the molecule is O=C(/C=C/c1cccnc1)NCCCCC1CCN(C(=O)c2ccc(N3CCN(C(=O)COCCOCCOCCOCCOCCSc4cccc5c4C(=O)N(C4CCC(=O)NC4=O)C5=O)CC3)nc2)CC1. The third-order valence-corrected chi connectivity index (χ3v) is 14.0. The number of benzene rings is 1. The molecule has 3 aromatic rings. The summed E-state index contributed by atoms with van der Waals surface area (Å²) in [4.78, 5) is 104. The number of anilines is 1. The minimum absolute atomic E-state index is 0.00127. The molecule has 1 aromatic carbocycles. The number of carbonyl (C=O) groups excluding carboxylic acids is 7. The van der Waals surface area contributed by atoms with Crippen LogP contribution < -0.4 is 15.5 Å². The van der Waals surface area contributed by atoms with Crippen molar-refractivity contribution < 1.29 is 57.2 Å². The number of thioether (sulfide) groups is 1. The number of aromatic nitrogens is 2. The molecule has 7 amide bonds. The Morgan fingerprint density at radius 1 is 0.740 bits per heavy atom. The van der Waals surface area contributed by atoms with Crippen molar-refractivity contribution in [3.63, 3.8) is 0 Å². The van der Waals surface area contributed by atoms with Crippen LogP contribution in [-0.4, -0.2) is 190 Å². The summed E-state index contributed by atoms with van der Waals surface area (Å²) in [6, 6.07) is 11.5. The number of pyridine rings is 2. The second-order valence-electron chi connectivity index (χ2n) is 17.9. The Kier molecular flexibility index (Phi) is 21.7. The molecule has 1 atom stereocenters. The van der Waals surface area contributed by atoms with Gasteiger partial charge in [0.2, 0.25) is 23.6 Å². The normalized spacial score (nSPS) is 17.4. The standard InChI is InChI=1S/C52H66N8O12S/c61-45(13-9-39-6-4-17-53-35-39)54-18-2-1-5-38-15-19-59(20-16-38)50(65)40-10-12-44(55-36-40)57-21-23-58(24-22-57)47(63)37-72-32-31-70-28-27-68-25-26-69-29-30-71-33-34-73-43-8-3-7-41-48(43)52(67)60(51(41)66)42-11-14-46(62)56-49(42)64/h3-4,6-10,12-13,17,35-36,38,42H,1-2,5,11,14-16,18-34,37H2,(H,54,61)(H,56,62,64)/b13-9+. The molecule has 3 fully saturated rings. The second-order valence-corrected chi connectivity index (χ2v) is 19.0. The largest absolute Gasteiger partial charge is 0.378 e. The lowest BCUT2D eigenvalue weighted by Crippen LogP contribution is -2.54. The van der Waals surface area contributed by atoms with Gasteiger partial charge in [-0.05, 0) is 73.6 Å². The van der Waals surface area contributed by atoms with Gasteiger partial charge in [0, 0.05) is 87.5 Å². The smallest absolute Gasteiger partial charge is 0.263 e. The van der Waals surface area contributed by atoms with Crippen LogP contribution in [0.3, 0.4) is 0 Å². The number of nitrogens with zero attached hydrogens (tertiary/aromatic N) is 6. The van der Waals surface area contributed by atoms with E-state index in [0.717, 1.165) is 61.5 Å². The maximum Gasteiger partial charge on any atom is 0.263 e. The first kappa shape index (κ1) is 54.7. The zero-order chi connectivity index (χ0) is 51.2. The van der Waals surface area contributed by atoms with Crippen LogP contribution in [0, 0.1) is 5.92 Å². The third-order valence-electron chi connectivity index (χ3n) is 12.9. The Morgan fingerprint density at radius 3 is 2.12 bits per heavy atom. The fourth-order valence-corrected chi connectivity index (χ4v) is 9.85. The molecule has 0 saturated carbocycles. The first-order valence-corrected chi connectivity index (χ1v) is 26.1. The fourth-order valence-electron chi connectivity index (χ4n) is 8.91. The molecule has 392 valence electrons. The van der Waals surface area contributed by atoms with Crippen molar-refractivity contribution in [3.05, 3.63) is 89.4 Å². The predicted molar refractivity (Wildman–Crippen MR) is 270 cm³/mol. The van der Waals surface area contributed by atoms with Crippen molar-refractivity contribution in [1.29, 1.82) is 0 Å². The van der Waals surface area contributed by atoms with E-state index in [1.165, 1.54) is 17.8 Å². The van der Waals surface area contributed by atoms with E-state index in [4.69, 9.17) is 23.7 Å². The van der Waals surface area contributed by atoms with Crippen LogP contribution in [0.5, 0.6) is 0 Å². The van der Waals surface area contributed by atoms with Gasteiger partial charge in [0.25, 0.3) is 17.7 Å². The van der Waals surface area contributed by atoms with Crippen molar-refractivity contribution >= 4 is 65.0 Å². The number of amides is 7. The number of nitrogens with one attached hydrogen (secondary N) is 2. The molecule has 1 unspecified atom stereocenters. The van der Waals surface area contributed by atoms with Crippen LogP contribution in [0.1, 0.15) is 81.6 Å². The number of hydrogen-bond acceptors (Lipinski definition) is 16. The van der Waals surface area contributed by atoms with Crippen molar-refractivity contribution in [2.45, 2.75) is 55.9 Å². The number of rotatable bonds is 28. The Labute approximate surface area is 429 Å². The molecule has 4 aliphatic rings. The van der Waals surface area contributed by atoms with Crippen molar-refractivity contribution in [3.8, 4) is 0 Å². The summed E-state index contributed by atoms with van der Waals surface area (Å²) in [6.07, 6.45) is 13.5. The average molecular weight is 1030 g/mol. The van der Waals surface area contributed by atoms with Crippen LogP contribution in [0.25, 0.3) is 6.08 Å². The topological polar surface area (TPSA) is 228 Å². The highest BCUT2D eigenvalue weighted by atomic mass is 32.2. The van der Waals surface area contributed by atoms with Crippen molar-refractivity contribution in [2.75, 3.05) is 123 Å². The molecule has 2 aromatic heterocycles. The molecule has 2 N–H and O–H groups in total. The third kappa shape index (κ3) is 16.4. The molecule has 3 saturated heterocycles. The molecular formula is C52H66N8O12S. The zero-order valence-corrected chi connectivity index (χ0v) is 42.1. The number of fused-ring (bicyclic) bond motifs is 1. The summed E-state index contributed by atoms with van der Waals surface area (Å²) in [5.74, 6) is -0.421. The molecule has 73 heavy (non-hydrogen) atoms. The van der Waals surface area contributed by atoms with Gasteiger partial charge >= 0.3 is 0 Å². The summed E-state index contributed by atoms with van der Waals surface area (Å²) >= 11 is 1.39. The monoisotopic (exact) mass is 1030 g/mol. The van der Waals surface area contributed by atoms with E-state index in [0.29, 0.717) is 108 Å². The predicted octanol–water partition coefficient (Wildman–Crippen LogP) is 3.25. The van der Waals surface area contributed by atoms with Gasteiger partial charge in [0.1, 0.15) is 18.5 Å². The average Bonchev–Trinajstić information content (AvgIpc) is 3.67. The highest BCUT2D eigenvalue weighted by Crippen LogP contribution is 2.34. The van der Waals surface area contributed by atoms with Gasteiger partial charge in [-0.15, -0.1) is 11.8 Å². The number of imide groups is 2. The number of hydrogen-bond donors (Lipinski definition) is 2. The molecule has 0 spiro atoms. The molecule has 0 aliphatic carbocycles. The summed E-state index contributed by atoms with van der Waals surface area (Å²) in [6.45, 7) is 7.70. The van der Waals surface area contributed by atoms with E-state index >= 15 is 0 Å². The quantitative estimate of drug-likeness (QED) is 0.0461. The van der Waals surface area contributed by atoms with Crippen LogP contribution in [0.4, 0.5) is 5.82 Å². The van der Waals surface area contributed by atoms with Crippen molar-refractivity contribution in [2.24, 2.45) is 5.92 Å². The highest BCUT2D eigenvalue weighted by Gasteiger charge is 2.45. The fraction of sp³-hybridized carbons (Fsp3) is 0.519. The second kappa shape index (κ2) is 29.0. The van der Waals surface area contributed by atoms with E-state index in [1.807, 2.05) is 29.2 Å². The maximum atomic E-state index is 13.3. The lowest BCUT2D eigenvalue weighted by atomic mass is 9.91. The van der Waals surface area contributed by atoms with Gasteiger partial charge in [-0.2, -0.15) is 0 Å². The van der Waals surface area contributed by atoms with Crippen LogP contribution >= 0.6 is 11.8 Å². The molecule has 4 aliphatic heterocycles. The van der Waals surface area contributed by atoms with Gasteiger partial charge in [-0.3, -0.25) is 48.8 Å². The first-order chi connectivity index (χ1) is 35.7. The van der Waals surface area contributed by atoms with Crippen molar-refractivity contribution in [1.82, 2.24) is 35.3 Å². The first-order valence-electron chi connectivity index (χ1n) is 25.2. The van der Waals surface area contributed by atoms with E-state index < -0.39 is 29.7 Å². The molecule has 20 nitrogen and oxygen atoms in total. The van der Waals surface area contributed by atoms with Crippen LogP contribution in [0.15, 0.2) is 72.0 Å². The summed E-state index contributed by atoms with van der Waals surface area (Å²) < 4.78 is 27.9. The lowest BCUT2D eigenvalue weighted by Gasteiger charge is -2.35. The Hall–Kier alpha value is -6.10. The van der Waals surface area contributed by atoms with Gasteiger partial charge < -0.3 is 43.7 Å². The molecule has 0 bridgehead atoms. The number of unbranched alkanes of at least 4 members (excludes halogenated alkanes) is 1. The van der Waals surface area contributed by atoms with E-state index in [-0.39, 0.29) is 54.9 Å². The lowest BCUT2D eigenvalue weighted by molar-refractivity contribution is -0.137. The number of piperazine rings is 1.